The molecule has 1 aliphatic rings. The summed E-state index contributed by atoms with van der Waals surface area (Å²) in [6.45, 7) is 3.67. The smallest absolute Gasteiger partial charge is 0.269 e. The lowest BCUT2D eigenvalue weighted by Crippen LogP contribution is -2.41. The average molecular weight is 327 g/mol. The summed E-state index contributed by atoms with van der Waals surface area (Å²) >= 11 is 0. The molecule has 3 heterocycles. The number of amides is 1. The van der Waals surface area contributed by atoms with E-state index in [1.54, 1.807) is 31.7 Å². The molecule has 0 aromatic carbocycles. The molecular formula is C17H21N5O2. The van der Waals surface area contributed by atoms with Gasteiger partial charge in [-0.3, -0.25) is 9.78 Å². The minimum atomic E-state index is -0.220. The Morgan fingerprint density at radius 1 is 1.33 bits per heavy atom. The van der Waals surface area contributed by atoms with Crippen molar-refractivity contribution in [1.29, 1.82) is 0 Å². The molecule has 1 amide bonds. The molecule has 1 saturated heterocycles. The molecule has 7 nitrogen and oxygen atoms in total. The van der Waals surface area contributed by atoms with Crippen LogP contribution in [0.2, 0.25) is 0 Å². The third kappa shape index (κ3) is 3.79. The Balaban J connectivity index is 1.68. The minimum Gasteiger partial charge on any atom is -0.488 e. The summed E-state index contributed by atoms with van der Waals surface area (Å²) in [4.78, 5) is 26.4. The third-order valence-corrected chi connectivity index (χ3v) is 3.99. The normalized spacial score (nSPS) is 17.4. The van der Waals surface area contributed by atoms with Crippen LogP contribution in [-0.4, -0.2) is 47.1 Å². The second kappa shape index (κ2) is 7.25. The highest BCUT2D eigenvalue weighted by molar-refractivity contribution is 5.92. The number of hydrogen-bond donors (Lipinski definition) is 1. The summed E-state index contributed by atoms with van der Waals surface area (Å²) in [7, 11) is 1.58. The lowest BCUT2D eigenvalue weighted by atomic mass is 10.1. The molecule has 2 aromatic rings. The summed E-state index contributed by atoms with van der Waals surface area (Å²) in [5, 5.41) is 2.57. The number of carbonyl (C=O) groups is 1. The van der Waals surface area contributed by atoms with E-state index in [-0.39, 0.29) is 12.0 Å². The van der Waals surface area contributed by atoms with Gasteiger partial charge in [-0.1, -0.05) is 0 Å². The van der Waals surface area contributed by atoms with E-state index < -0.39 is 0 Å². The van der Waals surface area contributed by atoms with Crippen LogP contribution in [0.1, 0.15) is 29.0 Å². The van der Waals surface area contributed by atoms with Crippen LogP contribution < -0.4 is 15.0 Å². The molecule has 1 fully saturated rings. The lowest BCUT2D eigenvalue weighted by molar-refractivity contribution is 0.0957. The van der Waals surface area contributed by atoms with Gasteiger partial charge in [0.25, 0.3) is 5.91 Å². The van der Waals surface area contributed by atoms with Gasteiger partial charge in [-0.15, -0.1) is 0 Å². The number of nitrogens with one attached hydrogen (secondary N) is 1. The lowest BCUT2D eigenvalue weighted by Gasteiger charge is -2.33. The number of ether oxygens (including phenoxy) is 1. The Bertz CT molecular complexity index is 722. The molecular weight excluding hydrogens is 306 g/mol. The molecule has 3 rings (SSSR count). The van der Waals surface area contributed by atoms with Gasteiger partial charge in [0, 0.05) is 37.6 Å². The number of nitrogens with zero attached hydrogens (tertiary/aromatic N) is 4. The van der Waals surface area contributed by atoms with E-state index in [2.05, 4.69) is 25.2 Å². The zero-order chi connectivity index (χ0) is 16.9. The van der Waals surface area contributed by atoms with Crippen molar-refractivity contribution in [3.8, 4) is 5.75 Å². The topological polar surface area (TPSA) is 80.2 Å². The third-order valence-electron chi connectivity index (χ3n) is 3.99. The zero-order valence-electron chi connectivity index (χ0n) is 13.9. The van der Waals surface area contributed by atoms with Crippen LogP contribution in [-0.2, 0) is 0 Å². The summed E-state index contributed by atoms with van der Waals surface area (Å²) < 4.78 is 6.07. The maximum Gasteiger partial charge on any atom is 0.269 e. The fraction of sp³-hybridized carbons (Fsp3) is 0.412. The second-order valence-electron chi connectivity index (χ2n) is 5.80. The summed E-state index contributed by atoms with van der Waals surface area (Å²) in [6, 6.07) is 5.44. The number of piperidine rings is 1. The van der Waals surface area contributed by atoms with Crippen molar-refractivity contribution >= 4 is 11.7 Å². The monoisotopic (exact) mass is 327 g/mol. The Labute approximate surface area is 141 Å². The first-order chi connectivity index (χ1) is 11.7. The molecule has 0 radical (unpaired) electrons. The first-order valence-electron chi connectivity index (χ1n) is 8.04. The Hall–Kier alpha value is -2.70. The minimum absolute atomic E-state index is 0.0500. The number of aromatic nitrogens is 3. The van der Waals surface area contributed by atoms with Crippen LogP contribution in [0.5, 0.6) is 5.75 Å². The van der Waals surface area contributed by atoms with Gasteiger partial charge in [-0.2, -0.15) is 0 Å². The van der Waals surface area contributed by atoms with Crippen LogP contribution in [0.3, 0.4) is 0 Å². The van der Waals surface area contributed by atoms with E-state index in [1.807, 2.05) is 13.0 Å². The van der Waals surface area contributed by atoms with Crippen molar-refractivity contribution < 1.29 is 9.53 Å². The molecule has 1 aliphatic heterocycles. The number of pyridine rings is 1. The van der Waals surface area contributed by atoms with Gasteiger partial charge in [0.1, 0.15) is 29.7 Å². The largest absolute Gasteiger partial charge is 0.488 e. The van der Waals surface area contributed by atoms with Crippen molar-refractivity contribution in [2.45, 2.75) is 25.9 Å². The SMILES string of the molecule is CNC(=O)c1cc(OC2CCCN(c3cc(C)ncn3)C2)ccn1. The molecule has 7 heteroatoms. The Morgan fingerprint density at radius 3 is 3.00 bits per heavy atom. The van der Waals surface area contributed by atoms with Gasteiger partial charge >= 0.3 is 0 Å². The van der Waals surface area contributed by atoms with Crippen LogP contribution in [0.25, 0.3) is 0 Å². The molecule has 0 saturated carbocycles. The van der Waals surface area contributed by atoms with Crippen molar-refractivity contribution in [2.24, 2.45) is 0 Å². The Kier molecular flexibility index (Phi) is 4.88. The van der Waals surface area contributed by atoms with Crippen LogP contribution in [0, 0.1) is 6.92 Å². The fourth-order valence-corrected chi connectivity index (χ4v) is 2.79. The highest BCUT2D eigenvalue weighted by atomic mass is 16.5. The predicted octanol–water partition coefficient (Wildman–Crippen LogP) is 1.59. The number of carbonyl (C=O) groups excluding carboxylic acids is 1. The summed E-state index contributed by atoms with van der Waals surface area (Å²) in [6.07, 6.45) is 5.23. The average Bonchev–Trinajstić information content (AvgIpc) is 2.61. The molecule has 0 bridgehead atoms. The molecule has 126 valence electrons. The maximum absolute atomic E-state index is 11.7. The van der Waals surface area contributed by atoms with Crippen LogP contribution >= 0.6 is 0 Å². The quantitative estimate of drug-likeness (QED) is 0.918. The van der Waals surface area contributed by atoms with Gasteiger partial charge in [0.05, 0.1) is 6.54 Å². The fourth-order valence-electron chi connectivity index (χ4n) is 2.79. The van der Waals surface area contributed by atoms with Gasteiger partial charge in [-0.25, -0.2) is 9.97 Å². The summed E-state index contributed by atoms with van der Waals surface area (Å²) in [5.41, 5.74) is 1.31. The van der Waals surface area contributed by atoms with Gasteiger partial charge in [0.2, 0.25) is 0 Å². The second-order valence-corrected chi connectivity index (χ2v) is 5.80. The number of rotatable bonds is 4. The molecule has 2 aromatic heterocycles. The predicted molar refractivity (Wildman–Crippen MR) is 90.3 cm³/mol. The number of anilines is 1. The molecule has 1 atom stereocenters. The van der Waals surface area contributed by atoms with E-state index in [0.717, 1.165) is 37.4 Å². The molecule has 0 spiro atoms. The van der Waals surface area contributed by atoms with Crippen molar-refractivity contribution in [1.82, 2.24) is 20.3 Å². The molecule has 24 heavy (non-hydrogen) atoms. The Morgan fingerprint density at radius 2 is 2.21 bits per heavy atom. The highest BCUT2D eigenvalue weighted by Crippen LogP contribution is 2.22. The molecule has 0 aliphatic carbocycles. The van der Waals surface area contributed by atoms with Gasteiger partial charge in [0.15, 0.2) is 0 Å². The molecule has 1 N–H and O–H groups in total. The van der Waals surface area contributed by atoms with Crippen molar-refractivity contribution in [3.05, 3.63) is 42.1 Å². The van der Waals surface area contributed by atoms with Gasteiger partial charge in [-0.05, 0) is 25.8 Å². The first-order valence-corrected chi connectivity index (χ1v) is 8.04. The highest BCUT2D eigenvalue weighted by Gasteiger charge is 2.23. The number of hydrogen-bond acceptors (Lipinski definition) is 6. The van der Waals surface area contributed by atoms with E-state index in [4.69, 9.17) is 4.74 Å². The number of aryl methyl sites for hydroxylation is 1. The van der Waals surface area contributed by atoms with Crippen molar-refractivity contribution in [2.75, 3.05) is 25.0 Å². The van der Waals surface area contributed by atoms with Gasteiger partial charge < -0.3 is 15.0 Å². The van der Waals surface area contributed by atoms with E-state index in [9.17, 15) is 4.79 Å². The first kappa shape index (κ1) is 16.2. The molecule has 1 unspecified atom stereocenters. The van der Waals surface area contributed by atoms with E-state index in [0.29, 0.717) is 11.4 Å². The standard InChI is InChI=1S/C17H21N5O2/c1-12-8-16(21-11-20-12)22-7-3-4-14(10-22)24-13-5-6-19-15(9-13)17(23)18-2/h5-6,8-9,11,14H,3-4,7,10H2,1-2H3,(H,18,23). The van der Waals surface area contributed by atoms with E-state index in [1.165, 1.54) is 0 Å². The van der Waals surface area contributed by atoms with E-state index >= 15 is 0 Å². The van der Waals surface area contributed by atoms with Crippen molar-refractivity contribution in [3.63, 3.8) is 0 Å². The summed E-state index contributed by atoms with van der Waals surface area (Å²) in [5.74, 6) is 1.37. The zero-order valence-corrected chi connectivity index (χ0v) is 13.9. The maximum atomic E-state index is 11.7. The van der Waals surface area contributed by atoms with Crippen LogP contribution in [0.4, 0.5) is 5.82 Å². The van der Waals surface area contributed by atoms with Crippen LogP contribution in [0.15, 0.2) is 30.7 Å².